The maximum atomic E-state index is 13.5. The lowest BCUT2D eigenvalue weighted by molar-refractivity contribution is 0.152. The summed E-state index contributed by atoms with van der Waals surface area (Å²) in [5, 5.41) is 13.0. The Hall–Kier alpha value is -1.00. The van der Waals surface area contributed by atoms with Gasteiger partial charge in [-0.15, -0.1) is 0 Å². The van der Waals surface area contributed by atoms with E-state index in [-0.39, 0.29) is 17.5 Å². The Bertz CT molecular complexity index is 398. The molecule has 0 spiro atoms. The summed E-state index contributed by atoms with van der Waals surface area (Å²) in [6.07, 6.45) is -1.18. The predicted octanol–water partition coefficient (Wildman–Crippen LogP) is 3.27. The number of rotatable bonds is 6. The summed E-state index contributed by atoms with van der Waals surface area (Å²) in [7, 11) is 0. The fraction of sp³-hybridized carbons (Fsp3) is 0.600. The van der Waals surface area contributed by atoms with E-state index in [4.69, 9.17) is 0 Å². The lowest BCUT2D eigenvalue weighted by atomic mass is 9.81. The molecule has 0 saturated carbocycles. The first-order valence-corrected chi connectivity index (χ1v) is 6.58. The van der Waals surface area contributed by atoms with Gasteiger partial charge in [-0.2, -0.15) is 0 Å². The van der Waals surface area contributed by atoms with E-state index in [1.807, 2.05) is 0 Å². The maximum absolute atomic E-state index is 13.5. The summed E-state index contributed by atoms with van der Waals surface area (Å²) in [5.74, 6) is -0.947. The number of aliphatic hydroxyl groups is 1. The predicted molar refractivity (Wildman–Crippen MR) is 72.8 cm³/mol. The summed E-state index contributed by atoms with van der Waals surface area (Å²) < 4.78 is 26.9. The molecule has 108 valence electrons. The first kappa shape index (κ1) is 16.1. The van der Waals surface area contributed by atoms with E-state index >= 15 is 0 Å². The molecule has 0 saturated heterocycles. The van der Waals surface area contributed by atoms with E-state index in [0.29, 0.717) is 12.5 Å². The van der Waals surface area contributed by atoms with Gasteiger partial charge < -0.3 is 10.4 Å². The van der Waals surface area contributed by atoms with Crippen LogP contribution in [-0.2, 0) is 0 Å². The van der Waals surface area contributed by atoms with E-state index < -0.39 is 17.7 Å². The number of nitrogens with one attached hydrogen (secondary N) is 1. The summed E-state index contributed by atoms with van der Waals surface area (Å²) in [5.41, 5.74) is -0.203. The van der Waals surface area contributed by atoms with Crippen molar-refractivity contribution in [2.75, 3.05) is 13.1 Å². The van der Waals surface area contributed by atoms with Crippen LogP contribution in [0.5, 0.6) is 0 Å². The third-order valence-electron chi connectivity index (χ3n) is 3.81. The number of benzene rings is 1. The van der Waals surface area contributed by atoms with Crippen LogP contribution >= 0.6 is 0 Å². The molecule has 2 N–H and O–H groups in total. The standard InChI is InChI=1S/C15H23F2NO/c1-10(2)15(3,4)9-18-8-13(19)14-11(16)6-5-7-12(14)17/h5-7,10,13,18-19H,8-9H2,1-4H3. The van der Waals surface area contributed by atoms with Crippen molar-refractivity contribution in [2.24, 2.45) is 11.3 Å². The van der Waals surface area contributed by atoms with E-state index in [9.17, 15) is 13.9 Å². The third-order valence-corrected chi connectivity index (χ3v) is 3.81. The van der Waals surface area contributed by atoms with Crippen molar-refractivity contribution in [3.05, 3.63) is 35.4 Å². The van der Waals surface area contributed by atoms with Gasteiger partial charge in [0.05, 0.1) is 11.7 Å². The van der Waals surface area contributed by atoms with Gasteiger partial charge in [-0.25, -0.2) is 8.78 Å². The van der Waals surface area contributed by atoms with Crippen LogP contribution in [0.2, 0.25) is 0 Å². The molecule has 0 aliphatic carbocycles. The van der Waals surface area contributed by atoms with E-state index in [1.54, 1.807) is 0 Å². The molecule has 2 nitrogen and oxygen atoms in total. The van der Waals surface area contributed by atoms with Crippen molar-refractivity contribution in [2.45, 2.75) is 33.8 Å². The molecule has 1 rings (SSSR count). The maximum Gasteiger partial charge on any atom is 0.131 e. The van der Waals surface area contributed by atoms with Gasteiger partial charge in [-0.3, -0.25) is 0 Å². The minimum atomic E-state index is -1.18. The second kappa shape index (κ2) is 6.44. The van der Waals surface area contributed by atoms with Crippen LogP contribution in [0.4, 0.5) is 8.78 Å². The van der Waals surface area contributed by atoms with E-state index in [1.165, 1.54) is 6.07 Å². The average molecular weight is 271 g/mol. The molecule has 0 fully saturated rings. The zero-order chi connectivity index (χ0) is 14.6. The van der Waals surface area contributed by atoms with Gasteiger partial charge in [0.1, 0.15) is 11.6 Å². The second-order valence-electron chi connectivity index (χ2n) is 5.93. The number of hydrogen-bond acceptors (Lipinski definition) is 2. The molecule has 0 aliphatic rings. The monoisotopic (exact) mass is 271 g/mol. The lowest BCUT2D eigenvalue weighted by Crippen LogP contribution is -2.35. The highest BCUT2D eigenvalue weighted by Gasteiger charge is 2.23. The molecule has 0 amide bonds. The zero-order valence-corrected chi connectivity index (χ0v) is 12.0. The third kappa shape index (κ3) is 4.25. The highest BCUT2D eigenvalue weighted by Crippen LogP contribution is 2.25. The Balaban J connectivity index is 2.59. The van der Waals surface area contributed by atoms with Crippen molar-refractivity contribution < 1.29 is 13.9 Å². The highest BCUT2D eigenvalue weighted by molar-refractivity contribution is 5.22. The summed E-state index contributed by atoms with van der Waals surface area (Å²) in [6.45, 7) is 9.27. The molecule has 1 aromatic carbocycles. The number of hydrogen-bond donors (Lipinski definition) is 2. The Morgan fingerprint density at radius 2 is 1.74 bits per heavy atom. The molecular weight excluding hydrogens is 248 g/mol. The topological polar surface area (TPSA) is 32.3 Å². The smallest absolute Gasteiger partial charge is 0.131 e. The molecule has 19 heavy (non-hydrogen) atoms. The van der Waals surface area contributed by atoms with E-state index in [0.717, 1.165) is 12.1 Å². The summed E-state index contributed by atoms with van der Waals surface area (Å²) in [6, 6.07) is 3.59. The largest absolute Gasteiger partial charge is 0.387 e. The van der Waals surface area contributed by atoms with Crippen LogP contribution in [0.25, 0.3) is 0 Å². The van der Waals surface area contributed by atoms with Crippen LogP contribution in [0.3, 0.4) is 0 Å². The molecule has 0 aliphatic heterocycles. The Kier molecular flexibility index (Phi) is 5.44. The van der Waals surface area contributed by atoms with E-state index in [2.05, 4.69) is 33.0 Å². The van der Waals surface area contributed by atoms with Crippen molar-refractivity contribution in [3.63, 3.8) is 0 Å². The van der Waals surface area contributed by atoms with Gasteiger partial charge in [-0.1, -0.05) is 33.8 Å². The molecule has 1 aromatic rings. The minimum absolute atomic E-state index is 0.0630. The van der Waals surface area contributed by atoms with Crippen LogP contribution in [-0.4, -0.2) is 18.2 Å². The summed E-state index contributed by atoms with van der Waals surface area (Å²) >= 11 is 0. The van der Waals surface area contributed by atoms with Crippen LogP contribution in [0.15, 0.2) is 18.2 Å². The second-order valence-corrected chi connectivity index (χ2v) is 5.93. The molecule has 1 atom stereocenters. The lowest BCUT2D eigenvalue weighted by Gasteiger charge is -2.30. The molecule has 0 heterocycles. The van der Waals surface area contributed by atoms with Crippen molar-refractivity contribution >= 4 is 0 Å². The molecule has 1 unspecified atom stereocenters. The van der Waals surface area contributed by atoms with Crippen LogP contribution < -0.4 is 5.32 Å². The quantitative estimate of drug-likeness (QED) is 0.832. The zero-order valence-electron chi connectivity index (χ0n) is 12.0. The van der Waals surface area contributed by atoms with Crippen molar-refractivity contribution in [3.8, 4) is 0 Å². The normalized spacial score (nSPS) is 13.9. The van der Waals surface area contributed by atoms with Gasteiger partial charge >= 0.3 is 0 Å². The Labute approximate surface area is 113 Å². The molecular formula is C15H23F2NO. The SMILES string of the molecule is CC(C)C(C)(C)CNCC(O)c1c(F)cccc1F. The fourth-order valence-corrected chi connectivity index (χ4v) is 1.67. The minimum Gasteiger partial charge on any atom is -0.387 e. The van der Waals surface area contributed by atoms with Crippen LogP contribution in [0.1, 0.15) is 39.4 Å². The summed E-state index contributed by atoms with van der Waals surface area (Å²) in [4.78, 5) is 0. The van der Waals surface area contributed by atoms with Crippen LogP contribution in [0, 0.1) is 23.0 Å². The first-order chi connectivity index (χ1) is 8.75. The average Bonchev–Trinajstić information content (AvgIpc) is 2.28. The number of halogens is 2. The highest BCUT2D eigenvalue weighted by atomic mass is 19.1. The van der Waals surface area contributed by atoms with Crippen molar-refractivity contribution in [1.29, 1.82) is 0 Å². The van der Waals surface area contributed by atoms with Gasteiger partial charge in [0.25, 0.3) is 0 Å². The molecule has 0 radical (unpaired) electrons. The van der Waals surface area contributed by atoms with Crippen molar-refractivity contribution in [1.82, 2.24) is 5.32 Å². The fourth-order valence-electron chi connectivity index (χ4n) is 1.67. The molecule has 0 bridgehead atoms. The van der Waals surface area contributed by atoms with Gasteiger partial charge in [-0.05, 0) is 23.5 Å². The van der Waals surface area contributed by atoms with Gasteiger partial charge in [0.15, 0.2) is 0 Å². The first-order valence-electron chi connectivity index (χ1n) is 6.58. The Morgan fingerprint density at radius 3 is 2.21 bits per heavy atom. The molecule has 0 aromatic heterocycles. The number of aliphatic hydroxyl groups excluding tert-OH is 1. The Morgan fingerprint density at radius 1 is 1.21 bits per heavy atom. The van der Waals surface area contributed by atoms with Gasteiger partial charge in [0.2, 0.25) is 0 Å². The molecule has 4 heteroatoms. The van der Waals surface area contributed by atoms with Gasteiger partial charge in [0, 0.05) is 13.1 Å².